The smallest absolute Gasteiger partial charge is 0.234 e. The number of aromatic hydroxyl groups is 1. The molecular formula is C11H12N4O3. The summed E-state index contributed by atoms with van der Waals surface area (Å²) in [6.07, 6.45) is 0.820. The standard InChI is InChI=1S/C11H12N4O3/c1-6-12-10-8(11(16)13-6)4-9(14-15-10)18-7-2-3-17-5-7/h4,7H,2-3,5H2,1H3,(H,12,13,15,16)/t7-/m0/s1. The summed E-state index contributed by atoms with van der Waals surface area (Å²) in [6.45, 7) is 2.93. The van der Waals surface area contributed by atoms with Gasteiger partial charge in [0.05, 0.1) is 18.6 Å². The lowest BCUT2D eigenvalue weighted by atomic mass is 10.3. The normalized spacial score (nSPS) is 19.3. The molecule has 7 heteroatoms. The number of nitrogens with zero attached hydrogens (tertiary/aromatic N) is 4. The molecule has 1 fully saturated rings. The molecule has 0 bridgehead atoms. The molecule has 1 N–H and O–H groups in total. The Bertz CT molecular complexity index is 584. The molecule has 0 unspecified atom stereocenters. The lowest BCUT2D eigenvalue weighted by Gasteiger charge is -2.10. The molecule has 1 aliphatic rings. The molecule has 2 aromatic rings. The van der Waals surface area contributed by atoms with Crippen LogP contribution in [0.3, 0.4) is 0 Å². The van der Waals surface area contributed by atoms with E-state index in [0.29, 0.717) is 36.0 Å². The van der Waals surface area contributed by atoms with Gasteiger partial charge in [0.2, 0.25) is 11.8 Å². The van der Waals surface area contributed by atoms with Crippen molar-refractivity contribution < 1.29 is 14.6 Å². The van der Waals surface area contributed by atoms with E-state index in [1.165, 1.54) is 0 Å². The Kier molecular flexibility index (Phi) is 2.67. The van der Waals surface area contributed by atoms with Gasteiger partial charge in [0, 0.05) is 12.5 Å². The van der Waals surface area contributed by atoms with E-state index in [1.807, 2.05) is 0 Å². The summed E-state index contributed by atoms with van der Waals surface area (Å²) < 4.78 is 10.8. The third-order valence-corrected chi connectivity index (χ3v) is 2.70. The minimum absolute atomic E-state index is 0.00902. The van der Waals surface area contributed by atoms with Gasteiger partial charge in [-0.15, -0.1) is 10.2 Å². The highest BCUT2D eigenvalue weighted by Gasteiger charge is 2.18. The van der Waals surface area contributed by atoms with Gasteiger partial charge in [-0.3, -0.25) is 0 Å². The highest BCUT2D eigenvalue weighted by Crippen LogP contribution is 2.23. The first kappa shape index (κ1) is 11.1. The zero-order chi connectivity index (χ0) is 12.5. The van der Waals surface area contributed by atoms with Crippen molar-refractivity contribution in [3.05, 3.63) is 11.9 Å². The highest BCUT2D eigenvalue weighted by atomic mass is 16.5. The van der Waals surface area contributed by atoms with Crippen molar-refractivity contribution in [2.75, 3.05) is 13.2 Å². The second kappa shape index (κ2) is 4.34. The van der Waals surface area contributed by atoms with Crippen molar-refractivity contribution >= 4 is 11.0 Å². The summed E-state index contributed by atoms with van der Waals surface area (Å²) in [5, 5.41) is 18.0. The SMILES string of the molecule is Cc1nc(O)c2cc(O[C@H]3CCOC3)nnc2n1. The van der Waals surface area contributed by atoms with Crippen LogP contribution in [0.25, 0.3) is 11.0 Å². The number of hydrogen-bond acceptors (Lipinski definition) is 7. The first-order valence-electron chi connectivity index (χ1n) is 5.68. The number of rotatable bonds is 2. The van der Waals surface area contributed by atoms with E-state index in [9.17, 15) is 5.11 Å². The summed E-state index contributed by atoms with van der Waals surface area (Å²) in [4.78, 5) is 7.96. The van der Waals surface area contributed by atoms with Crippen LogP contribution >= 0.6 is 0 Å². The Morgan fingerprint density at radius 3 is 3.06 bits per heavy atom. The van der Waals surface area contributed by atoms with E-state index >= 15 is 0 Å². The van der Waals surface area contributed by atoms with Crippen molar-refractivity contribution in [3.8, 4) is 11.8 Å². The Balaban J connectivity index is 1.94. The summed E-state index contributed by atoms with van der Waals surface area (Å²) in [7, 11) is 0. The summed E-state index contributed by atoms with van der Waals surface area (Å²) in [5.74, 6) is 0.688. The average molecular weight is 248 g/mol. The molecular weight excluding hydrogens is 236 g/mol. The zero-order valence-corrected chi connectivity index (χ0v) is 9.83. The van der Waals surface area contributed by atoms with E-state index < -0.39 is 0 Å². The Hall–Kier alpha value is -2.02. The summed E-state index contributed by atoms with van der Waals surface area (Å²) in [5.41, 5.74) is 0.357. The van der Waals surface area contributed by atoms with Gasteiger partial charge in [0.1, 0.15) is 11.9 Å². The van der Waals surface area contributed by atoms with Gasteiger partial charge in [-0.25, -0.2) is 4.98 Å². The Labute approximate surface area is 103 Å². The zero-order valence-electron chi connectivity index (χ0n) is 9.83. The van der Waals surface area contributed by atoms with Crippen LogP contribution in [0.2, 0.25) is 0 Å². The first-order valence-corrected chi connectivity index (χ1v) is 5.68. The van der Waals surface area contributed by atoms with Gasteiger partial charge < -0.3 is 14.6 Å². The number of aryl methyl sites for hydroxylation is 1. The quantitative estimate of drug-likeness (QED) is 0.832. The molecule has 3 heterocycles. The fourth-order valence-corrected chi connectivity index (χ4v) is 1.84. The van der Waals surface area contributed by atoms with Crippen LogP contribution in [0, 0.1) is 6.92 Å². The maximum absolute atomic E-state index is 9.74. The molecule has 0 aliphatic carbocycles. The molecule has 0 amide bonds. The lowest BCUT2D eigenvalue weighted by Crippen LogP contribution is -2.16. The minimum Gasteiger partial charge on any atom is -0.493 e. The predicted octanol–water partition coefficient (Wildman–Crippen LogP) is 0.602. The fraction of sp³-hybridized carbons (Fsp3) is 0.455. The number of aromatic nitrogens is 4. The predicted molar refractivity (Wildman–Crippen MR) is 61.4 cm³/mol. The topological polar surface area (TPSA) is 90.3 Å². The van der Waals surface area contributed by atoms with Crippen LogP contribution in [-0.4, -0.2) is 44.6 Å². The van der Waals surface area contributed by atoms with E-state index in [-0.39, 0.29) is 12.0 Å². The molecule has 18 heavy (non-hydrogen) atoms. The van der Waals surface area contributed by atoms with Crippen molar-refractivity contribution in [2.24, 2.45) is 0 Å². The summed E-state index contributed by atoms with van der Waals surface area (Å²) in [6, 6.07) is 1.59. The molecule has 0 radical (unpaired) electrons. The van der Waals surface area contributed by atoms with Crippen LogP contribution in [-0.2, 0) is 4.74 Å². The van der Waals surface area contributed by atoms with Gasteiger partial charge in [0.25, 0.3) is 0 Å². The van der Waals surface area contributed by atoms with Crippen molar-refractivity contribution in [2.45, 2.75) is 19.4 Å². The molecule has 0 saturated carbocycles. The third kappa shape index (κ3) is 2.04. The average Bonchev–Trinajstić information content (AvgIpc) is 2.83. The molecule has 1 atom stereocenters. The fourth-order valence-electron chi connectivity index (χ4n) is 1.84. The Morgan fingerprint density at radius 2 is 2.28 bits per heavy atom. The van der Waals surface area contributed by atoms with Gasteiger partial charge in [-0.1, -0.05) is 0 Å². The second-order valence-corrected chi connectivity index (χ2v) is 4.12. The Morgan fingerprint density at radius 1 is 1.39 bits per heavy atom. The van der Waals surface area contributed by atoms with Gasteiger partial charge >= 0.3 is 0 Å². The maximum Gasteiger partial charge on any atom is 0.234 e. The number of ether oxygens (including phenoxy) is 2. The minimum atomic E-state index is -0.111. The van der Waals surface area contributed by atoms with Crippen LogP contribution < -0.4 is 4.74 Å². The molecule has 2 aromatic heterocycles. The first-order chi connectivity index (χ1) is 8.72. The van der Waals surface area contributed by atoms with E-state index in [2.05, 4.69) is 20.2 Å². The molecule has 3 rings (SSSR count). The van der Waals surface area contributed by atoms with E-state index in [1.54, 1.807) is 13.0 Å². The summed E-state index contributed by atoms with van der Waals surface area (Å²) >= 11 is 0. The number of fused-ring (bicyclic) bond motifs is 1. The van der Waals surface area contributed by atoms with Crippen LogP contribution in [0.15, 0.2) is 6.07 Å². The van der Waals surface area contributed by atoms with E-state index in [0.717, 1.165) is 6.42 Å². The highest BCUT2D eigenvalue weighted by molar-refractivity contribution is 5.80. The third-order valence-electron chi connectivity index (χ3n) is 2.70. The second-order valence-electron chi connectivity index (χ2n) is 4.12. The van der Waals surface area contributed by atoms with Gasteiger partial charge in [-0.05, 0) is 6.92 Å². The van der Waals surface area contributed by atoms with Crippen LogP contribution in [0.4, 0.5) is 0 Å². The molecule has 0 spiro atoms. The van der Waals surface area contributed by atoms with Crippen molar-refractivity contribution in [3.63, 3.8) is 0 Å². The van der Waals surface area contributed by atoms with Gasteiger partial charge in [-0.2, -0.15) is 4.98 Å². The van der Waals surface area contributed by atoms with Crippen molar-refractivity contribution in [1.29, 1.82) is 0 Å². The van der Waals surface area contributed by atoms with Gasteiger partial charge in [0.15, 0.2) is 5.65 Å². The van der Waals surface area contributed by atoms with Crippen LogP contribution in [0.5, 0.6) is 11.8 Å². The van der Waals surface area contributed by atoms with E-state index in [4.69, 9.17) is 9.47 Å². The molecule has 7 nitrogen and oxygen atoms in total. The molecule has 94 valence electrons. The molecule has 0 aromatic carbocycles. The lowest BCUT2D eigenvalue weighted by molar-refractivity contribution is 0.137. The largest absolute Gasteiger partial charge is 0.493 e. The number of hydrogen-bond donors (Lipinski definition) is 1. The van der Waals surface area contributed by atoms with Crippen LogP contribution in [0.1, 0.15) is 12.2 Å². The van der Waals surface area contributed by atoms with Crippen molar-refractivity contribution in [1.82, 2.24) is 20.2 Å². The maximum atomic E-state index is 9.74. The molecule has 1 saturated heterocycles. The molecule has 1 aliphatic heterocycles. The monoisotopic (exact) mass is 248 g/mol.